The molecule has 0 fully saturated rings. The lowest BCUT2D eigenvalue weighted by Crippen LogP contribution is -2.61. The minimum Gasteiger partial charge on any atom is -0.310 e. The van der Waals surface area contributed by atoms with Crippen LogP contribution in [0.2, 0.25) is 0 Å². The van der Waals surface area contributed by atoms with Crippen LogP contribution in [0.4, 0.5) is 34.1 Å². The molecule has 516 valence electrons. The van der Waals surface area contributed by atoms with Gasteiger partial charge in [0, 0.05) is 72.4 Å². The highest BCUT2D eigenvalue weighted by molar-refractivity contribution is 7.00. The number of hydrogen-bond donors (Lipinski definition) is 0. The van der Waals surface area contributed by atoms with Crippen LogP contribution in [0.25, 0.3) is 111 Å². The zero-order valence-corrected chi connectivity index (χ0v) is 62.6. The van der Waals surface area contributed by atoms with E-state index in [9.17, 15) is 5.48 Å². The van der Waals surface area contributed by atoms with Crippen molar-refractivity contribution in [2.75, 3.05) is 9.80 Å². The Morgan fingerprint density at radius 2 is 0.792 bits per heavy atom. The topological polar surface area (TPSA) is 16.3 Å². The average Bonchev–Trinajstić information content (AvgIpc) is 1.51. The van der Waals surface area contributed by atoms with Gasteiger partial charge in [-0.25, -0.2) is 0 Å². The Kier molecular flexibility index (Phi) is 14.3. The molecule has 4 nitrogen and oxygen atoms in total. The zero-order chi connectivity index (χ0) is 77.1. The second-order valence-electron chi connectivity index (χ2n) is 33.6. The van der Waals surface area contributed by atoms with Crippen LogP contribution in [-0.2, 0) is 22.7 Å². The molecule has 0 amide bonds. The molecule has 2 aliphatic heterocycles. The first kappa shape index (κ1) is 60.7. The van der Waals surface area contributed by atoms with Crippen LogP contribution >= 0.6 is 0 Å². The number of nitrogens with zero attached hydrogens (tertiary/aromatic N) is 4. The van der Waals surface area contributed by atoms with Gasteiger partial charge in [0.25, 0.3) is 6.71 Å². The molecule has 0 aliphatic carbocycles. The molecule has 0 bridgehead atoms. The van der Waals surface area contributed by atoms with Crippen LogP contribution in [0.5, 0.6) is 0 Å². The fourth-order valence-corrected chi connectivity index (χ4v) is 17.0. The summed E-state index contributed by atoms with van der Waals surface area (Å²) in [6.45, 7) is 27.2. The normalized spacial score (nSPS) is 13.7. The third-order valence-corrected chi connectivity index (χ3v) is 22.1. The second kappa shape index (κ2) is 25.0. The molecule has 0 N–H and O–H groups in total. The summed E-state index contributed by atoms with van der Waals surface area (Å²) in [6.07, 6.45) is 0.877. The molecule has 2 aromatic heterocycles. The molecule has 0 atom stereocenters. The summed E-state index contributed by atoms with van der Waals surface area (Å²) >= 11 is 0. The van der Waals surface area contributed by atoms with E-state index in [1.54, 1.807) is 0 Å². The van der Waals surface area contributed by atoms with Crippen molar-refractivity contribution in [1.82, 2.24) is 9.13 Å². The quantitative estimate of drug-likeness (QED) is 0.127. The Labute approximate surface area is 632 Å². The summed E-state index contributed by atoms with van der Waals surface area (Å²) in [5.41, 5.74) is 28.9. The molecule has 16 aromatic rings. The average molecular weight is 1370 g/mol. The summed E-state index contributed by atoms with van der Waals surface area (Å²) in [5, 5.41) is 4.63. The number of rotatable bonds is 10. The Balaban J connectivity index is 1.06. The number of benzene rings is 14. The Hall–Kier alpha value is -11.7. The van der Waals surface area contributed by atoms with Gasteiger partial charge in [-0.05, 0) is 185 Å². The molecule has 14 aromatic carbocycles. The van der Waals surface area contributed by atoms with Gasteiger partial charge in [-0.15, -0.1) is 0 Å². The molecule has 0 spiro atoms. The monoisotopic (exact) mass is 1370 g/mol. The van der Waals surface area contributed by atoms with E-state index in [2.05, 4.69) is 375 Å². The lowest BCUT2D eigenvalue weighted by atomic mass is 9.33. The highest BCUT2D eigenvalue weighted by Gasteiger charge is 2.46. The molecular formula is C101H89BN4. The maximum absolute atomic E-state index is 9.68. The maximum atomic E-state index is 9.68. The number of para-hydroxylation sites is 3. The van der Waals surface area contributed by atoms with Crippen LogP contribution in [0.3, 0.4) is 0 Å². The van der Waals surface area contributed by atoms with Crippen molar-refractivity contribution in [2.45, 2.75) is 106 Å². The Morgan fingerprint density at radius 3 is 1.42 bits per heavy atom. The predicted octanol–water partition coefficient (Wildman–Crippen LogP) is 25.8. The van der Waals surface area contributed by atoms with Gasteiger partial charge in [0.05, 0.1) is 40.3 Å². The van der Waals surface area contributed by atoms with Gasteiger partial charge < -0.3 is 18.9 Å². The van der Waals surface area contributed by atoms with E-state index in [4.69, 9.17) is 1.37 Å². The Bertz CT molecular complexity index is 6330. The zero-order valence-electron chi connectivity index (χ0n) is 67.6. The minimum absolute atomic E-state index is 0.00209. The molecule has 18 rings (SSSR count). The molecule has 0 unspecified atom stereocenters. The van der Waals surface area contributed by atoms with E-state index in [1.165, 1.54) is 33.0 Å². The van der Waals surface area contributed by atoms with Crippen molar-refractivity contribution in [1.29, 1.82) is 0 Å². The number of hydrogen-bond acceptors (Lipinski definition) is 2. The fraction of sp³-hybridized carbons (Fsp3) is 0.168. The van der Waals surface area contributed by atoms with E-state index in [1.807, 2.05) is 6.07 Å². The predicted molar refractivity (Wildman–Crippen MR) is 456 cm³/mol. The van der Waals surface area contributed by atoms with Gasteiger partial charge in [-0.2, -0.15) is 0 Å². The van der Waals surface area contributed by atoms with Gasteiger partial charge in [0.15, 0.2) is 0 Å². The van der Waals surface area contributed by atoms with E-state index in [0.717, 1.165) is 146 Å². The van der Waals surface area contributed by atoms with Crippen molar-refractivity contribution < 1.29 is 6.85 Å². The lowest BCUT2D eigenvalue weighted by molar-refractivity contribution is 0.411. The van der Waals surface area contributed by atoms with E-state index in [-0.39, 0.29) is 51.4 Å². The van der Waals surface area contributed by atoms with Gasteiger partial charge in [-0.1, -0.05) is 313 Å². The number of anilines is 6. The van der Waals surface area contributed by atoms with E-state index >= 15 is 0 Å². The lowest BCUT2D eigenvalue weighted by Gasteiger charge is -2.46. The number of aromatic nitrogens is 2. The van der Waals surface area contributed by atoms with Crippen LogP contribution in [-0.4, -0.2) is 15.8 Å². The summed E-state index contributed by atoms with van der Waals surface area (Å²) in [5.74, 6) is 0. The molecule has 2 aliphatic rings. The molecule has 5 heteroatoms. The van der Waals surface area contributed by atoms with Crippen LogP contribution in [0.1, 0.15) is 112 Å². The van der Waals surface area contributed by atoms with E-state index < -0.39 is 12.8 Å². The van der Waals surface area contributed by atoms with Gasteiger partial charge in [-0.3, -0.25) is 0 Å². The van der Waals surface area contributed by atoms with Crippen molar-refractivity contribution >= 4 is 101 Å². The first-order valence-corrected chi connectivity index (χ1v) is 37.5. The Morgan fingerprint density at radius 1 is 0.311 bits per heavy atom. The van der Waals surface area contributed by atoms with Crippen LogP contribution < -0.4 is 26.2 Å². The fourth-order valence-electron chi connectivity index (χ4n) is 17.0. The van der Waals surface area contributed by atoms with Crippen molar-refractivity contribution in [3.63, 3.8) is 0 Å². The van der Waals surface area contributed by atoms with Crippen LogP contribution in [0.15, 0.2) is 309 Å². The van der Waals surface area contributed by atoms with Crippen molar-refractivity contribution in [2.24, 2.45) is 5.41 Å². The molecule has 106 heavy (non-hydrogen) atoms. The summed E-state index contributed by atoms with van der Waals surface area (Å²) < 4.78 is 51.5. The molecule has 0 saturated heterocycles. The van der Waals surface area contributed by atoms with Gasteiger partial charge in [0.2, 0.25) is 0 Å². The highest BCUT2D eigenvalue weighted by Crippen LogP contribution is 2.56. The minimum atomic E-state index is -0.458. The first-order chi connectivity index (χ1) is 53.2. The van der Waals surface area contributed by atoms with Crippen molar-refractivity contribution in [3.8, 4) is 67.0 Å². The van der Waals surface area contributed by atoms with Gasteiger partial charge >= 0.3 is 0 Å². The summed E-state index contributed by atoms with van der Waals surface area (Å²) in [6, 6.07) is 102. The first-order valence-electron chi connectivity index (χ1n) is 40.0. The smallest absolute Gasteiger partial charge is 0.252 e. The molecular weight excluding hydrogens is 1280 g/mol. The maximum Gasteiger partial charge on any atom is 0.252 e. The van der Waals surface area contributed by atoms with Crippen LogP contribution in [0, 0.1) is 5.41 Å². The third kappa shape index (κ3) is 11.3. The second-order valence-corrected chi connectivity index (χ2v) is 33.6. The summed E-state index contributed by atoms with van der Waals surface area (Å²) in [4.78, 5) is 5.16. The largest absolute Gasteiger partial charge is 0.310 e. The highest BCUT2D eigenvalue weighted by atomic mass is 15.2. The number of fused-ring (bicyclic) bond motifs is 10. The summed E-state index contributed by atoms with van der Waals surface area (Å²) in [7, 11) is 0. The molecule has 0 radical (unpaired) electrons. The van der Waals surface area contributed by atoms with Crippen molar-refractivity contribution in [3.05, 3.63) is 332 Å². The third-order valence-electron chi connectivity index (χ3n) is 22.1. The molecule has 0 saturated carbocycles. The standard InChI is InChI=1S/C101H89BN4/c1-98(2,3)64-65-30-27-38-71(56-65)80-50-55-89-94(81-42-25-26-45-86(81)103(89)76-40-23-16-24-41-76)97(80)106-91-63-77(104-87-53-47-74(100(7,8)9)61-82(87)83-62-75(101(10,11)12)48-54-88(83)104)49-52-85(91)102-84-51-46-70(66-31-17-13-18-32-66)58-90(84)105(92-59-72(60-93(106)95(92)102)69-37-28-39-73(57-69)99(4,5)6)96-78(67-33-19-14-20-34-67)43-29-44-79(96)68-35-21-15-22-36-68/h13-63H,64H2,1-12H3/i13D,17D,18D,31D,32D. The SMILES string of the molecule is [2H]c1c([2H])c([2H])c(-c2ccc3c(c2)N(c2c(-c4ccccc4)cccc2-c2ccccc2)c2cc(-c4cccc(C(C)(C)C)c4)cc4c2B3c2ccc(-n3c5ccc(C(C)(C)C)cc5c5cc(C(C)(C)C)ccc53)cc2N4c2c(-c3cccc(CC(C)(C)C)c3)ccc3c2c2ccccc2n3-c2ccccc2)c([2H])c1[2H]. The molecule has 4 heterocycles. The van der Waals surface area contributed by atoms with E-state index in [0.29, 0.717) is 5.56 Å². The van der Waals surface area contributed by atoms with Gasteiger partial charge in [0.1, 0.15) is 0 Å².